The van der Waals surface area contributed by atoms with E-state index < -0.39 is 11.9 Å². The number of nitrogens with zero attached hydrogens (tertiary/aromatic N) is 1. The van der Waals surface area contributed by atoms with Gasteiger partial charge in [0.1, 0.15) is 0 Å². The van der Waals surface area contributed by atoms with Crippen LogP contribution in [0.2, 0.25) is 0 Å². The topological polar surface area (TPSA) is 69.6 Å². The molecule has 1 heterocycles. The number of aliphatic carboxylic acids is 1. The van der Waals surface area contributed by atoms with E-state index in [1.807, 2.05) is 31.2 Å². The van der Waals surface area contributed by atoms with Gasteiger partial charge < -0.3 is 15.3 Å². The van der Waals surface area contributed by atoms with Gasteiger partial charge in [-0.25, -0.2) is 0 Å². The molecule has 0 bridgehead atoms. The summed E-state index contributed by atoms with van der Waals surface area (Å²) in [4.78, 5) is 24.9. The van der Waals surface area contributed by atoms with Gasteiger partial charge in [-0.3, -0.25) is 9.59 Å². The standard InChI is InChI=1S/C14H18N2O3/c1-2-10-5-3-4-6-12(10)16-9-11(14(18)19)7-15-8-13(16)17/h3-6,11,15H,2,7-9H2,1H3,(H,18,19). The summed E-state index contributed by atoms with van der Waals surface area (Å²) in [6.07, 6.45) is 0.811. The molecule has 19 heavy (non-hydrogen) atoms. The second-order valence-electron chi connectivity index (χ2n) is 4.65. The Morgan fingerprint density at radius 1 is 1.47 bits per heavy atom. The Morgan fingerprint density at radius 3 is 2.89 bits per heavy atom. The molecule has 1 fully saturated rings. The highest BCUT2D eigenvalue weighted by atomic mass is 16.4. The maximum absolute atomic E-state index is 12.1. The van der Waals surface area contributed by atoms with Gasteiger partial charge in [0.15, 0.2) is 0 Å². The molecule has 0 aliphatic carbocycles. The average Bonchev–Trinajstić information content (AvgIpc) is 2.60. The van der Waals surface area contributed by atoms with Crippen LogP contribution in [0.1, 0.15) is 12.5 Å². The van der Waals surface area contributed by atoms with Crippen LogP contribution in [-0.4, -0.2) is 36.6 Å². The maximum Gasteiger partial charge on any atom is 0.309 e. The van der Waals surface area contributed by atoms with E-state index in [0.717, 1.165) is 17.7 Å². The predicted octanol–water partition coefficient (Wildman–Crippen LogP) is 0.886. The molecule has 102 valence electrons. The number of aryl methyl sites for hydroxylation is 1. The Labute approximate surface area is 112 Å². The van der Waals surface area contributed by atoms with Crippen molar-refractivity contribution in [2.24, 2.45) is 5.92 Å². The van der Waals surface area contributed by atoms with Gasteiger partial charge in [0.25, 0.3) is 0 Å². The third-order valence-electron chi connectivity index (χ3n) is 3.38. The van der Waals surface area contributed by atoms with E-state index in [9.17, 15) is 9.59 Å². The second-order valence-corrected chi connectivity index (χ2v) is 4.65. The number of hydrogen-bond donors (Lipinski definition) is 2. The van der Waals surface area contributed by atoms with Crippen molar-refractivity contribution in [2.45, 2.75) is 13.3 Å². The minimum absolute atomic E-state index is 0.0790. The Bertz CT molecular complexity index is 487. The van der Waals surface area contributed by atoms with Gasteiger partial charge in [0, 0.05) is 18.8 Å². The van der Waals surface area contributed by atoms with Crippen molar-refractivity contribution in [1.82, 2.24) is 5.32 Å². The van der Waals surface area contributed by atoms with Crippen molar-refractivity contribution >= 4 is 17.6 Å². The highest BCUT2D eigenvalue weighted by molar-refractivity contribution is 5.96. The number of nitrogens with one attached hydrogen (secondary N) is 1. The fourth-order valence-electron chi connectivity index (χ4n) is 2.31. The first-order chi connectivity index (χ1) is 9.13. The molecule has 1 amide bonds. The van der Waals surface area contributed by atoms with Crippen molar-refractivity contribution < 1.29 is 14.7 Å². The highest BCUT2D eigenvalue weighted by Gasteiger charge is 2.29. The lowest BCUT2D eigenvalue weighted by molar-refractivity contribution is -0.141. The first kappa shape index (κ1) is 13.5. The average molecular weight is 262 g/mol. The van der Waals surface area contributed by atoms with Crippen molar-refractivity contribution in [3.05, 3.63) is 29.8 Å². The molecule has 1 unspecified atom stereocenters. The van der Waals surface area contributed by atoms with Crippen LogP contribution in [0.4, 0.5) is 5.69 Å². The molecule has 2 N–H and O–H groups in total. The predicted molar refractivity (Wildman–Crippen MR) is 72.2 cm³/mol. The van der Waals surface area contributed by atoms with Crippen molar-refractivity contribution in [2.75, 3.05) is 24.5 Å². The molecule has 0 radical (unpaired) electrons. The summed E-state index contributed by atoms with van der Waals surface area (Å²) >= 11 is 0. The third-order valence-corrected chi connectivity index (χ3v) is 3.38. The van der Waals surface area contributed by atoms with Crippen LogP contribution >= 0.6 is 0 Å². The summed E-state index contributed by atoms with van der Waals surface area (Å²) < 4.78 is 0. The number of benzene rings is 1. The van der Waals surface area contributed by atoms with E-state index in [2.05, 4.69) is 5.32 Å². The Kier molecular flexibility index (Phi) is 4.16. The van der Waals surface area contributed by atoms with Crippen LogP contribution < -0.4 is 10.2 Å². The number of carboxylic acids is 1. The number of carboxylic acid groups (broad SMARTS) is 1. The minimum atomic E-state index is -0.874. The summed E-state index contributed by atoms with van der Waals surface area (Å²) in [7, 11) is 0. The fourth-order valence-corrected chi connectivity index (χ4v) is 2.31. The molecule has 1 aliphatic rings. The van der Waals surface area contributed by atoms with E-state index in [1.165, 1.54) is 0 Å². The first-order valence-corrected chi connectivity index (χ1v) is 6.45. The Morgan fingerprint density at radius 2 is 2.21 bits per heavy atom. The number of hydrogen-bond acceptors (Lipinski definition) is 3. The monoisotopic (exact) mass is 262 g/mol. The zero-order valence-corrected chi connectivity index (χ0v) is 10.9. The molecule has 5 nitrogen and oxygen atoms in total. The normalized spacial score (nSPS) is 20.2. The van der Waals surface area contributed by atoms with E-state index >= 15 is 0 Å². The summed E-state index contributed by atoms with van der Waals surface area (Å²) in [6.45, 7) is 2.75. The molecule has 1 saturated heterocycles. The molecular weight excluding hydrogens is 244 g/mol. The summed E-state index contributed by atoms with van der Waals surface area (Å²) in [5, 5.41) is 12.1. The van der Waals surface area contributed by atoms with Gasteiger partial charge in [-0.2, -0.15) is 0 Å². The van der Waals surface area contributed by atoms with Gasteiger partial charge >= 0.3 is 5.97 Å². The molecule has 1 aliphatic heterocycles. The molecule has 2 rings (SSSR count). The van der Waals surface area contributed by atoms with Crippen LogP contribution in [0, 0.1) is 5.92 Å². The highest BCUT2D eigenvalue weighted by Crippen LogP contribution is 2.23. The van der Waals surface area contributed by atoms with E-state index in [1.54, 1.807) is 4.90 Å². The summed E-state index contributed by atoms with van der Waals surface area (Å²) in [6, 6.07) is 7.64. The molecule has 0 spiro atoms. The lowest BCUT2D eigenvalue weighted by atomic mass is 10.1. The molecule has 5 heteroatoms. The number of carbonyl (C=O) groups is 2. The third kappa shape index (κ3) is 2.93. The van der Waals surface area contributed by atoms with Gasteiger partial charge in [-0.15, -0.1) is 0 Å². The molecular formula is C14H18N2O3. The van der Waals surface area contributed by atoms with Crippen molar-refractivity contribution in [3.8, 4) is 0 Å². The van der Waals surface area contributed by atoms with Gasteiger partial charge in [0.05, 0.1) is 12.5 Å². The molecule has 0 aromatic heterocycles. The van der Waals surface area contributed by atoms with E-state index in [4.69, 9.17) is 5.11 Å². The SMILES string of the molecule is CCc1ccccc1N1CC(C(=O)O)CNCC1=O. The molecule has 1 aromatic carbocycles. The second kappa shape index (κ2) is 5.84. The molecule has 1 atom stereocenters. The minimum Gasteiger partial charge on any atom is -0.481 e. The maximum atomic E-state index is 12.1. The van der Waals surface area contributed by atoms with Crippen LogP contribution in [0.5, 0.6) is 0 Å². The number of amides is 1. The van der Waals surface area contributed by atoms with E-state index in [-0.39, 0.29) is 19.0 Å². The van der Waals surface area contributed by atoms with Crippen molar-refractivity contribution in [3.63, 3.8) is 0 Å². The number of carbonyl (C=O) groups excluding carboxylic acids is 1. The van der Waals surface area contributed by atoms with Crippen LogP contribution in [0.25, 0.3) is 0 Å². The quantitative estimate of drug-likeness (QED) is 0.848. The van der Waals surface area contributed by atoms with Crippen LogP contribution in [0.3, 0.4) is 0 Å². The van der Waals surface area contributed by atoms with Crippen LogP contribution in [0.15, 0.2) is 24.3 Å². The Hall–Kier alpha value is -1.88. The first-order valence-electron chi connectivity index (χ1n) is 6.45. The smallest absolute Gasteiger partial charge is 0.309 e. The molecule has 0 saturated carbocycles. The summed E-state index contributed by atoms with van der Waals surface area (Å²) in [5.41, 5.74) is 1.88. The molecule has 1 aromatic rings. The van der Waals surface area contributed by atoms with E-state index in [0.29, 0.717) is 6.54 Å². The number of rotatable bonds is 3. The zero-order valence-electron chi connectivity index (χ0n) is 10.9. The lowest BCUT2D eigenvalue weighted by Crippen LogP contribution is -2.37. The van der Waals surface area contributed by atoms with Crippen molar-refractivity contribution in [1.29, 1.82) is 0 Å². The van der Waals surface area contributed by atoms with Gasteiger partial charge in [0.2, 0.25) is 5.91 Å². The van der Waals surface area contributed by atoms with Gasteiger partial charge in [-0.05, 0) is 18.1 Å². The zero-order chi connectivity index (χ0) is 13.8. The van der Waals surface area contributed by atoms with Crippen LogP contribution in [-0.2, 0) is 16.0 Å². The fraction of sp³-hybridized carbons (Fsp3) is 0.429. The lowest BCUT2D eigenvalue weighted by Gasteiger charge is -2.24. The summed E-state index contributed by atoms with van der Waals surface area (Å²) in [5.74, 6) is -1.53. The number of anilines is 1. The number of para-hydroxylation sites is 1. The Balaban J connectivity index is 2.33. The largest absolute Gasteiger partial charge is 0.481 e. The van der Waals surface area contributed by atoms with Gasteiger partial charge in [-0.1, -0.05) is 25.1 Å².